The van der Waals surface area contributed by atoms with Gasteiger partial charge in [-0.25, -0.2) is 17.5 Å². The Hall–Kier alpha value is -1.96. The fourth-order valence-electron chi connectivity index (χ4n) is 2.25. The van der Waals surface area contributed by atoms with Crippen molar-refractivity contribution in [2.24, 2.45) is 0 Å². The second-order valence-electron chi connectivity index (χ2n) is 5.71. The molecule has 2 N–H and O–H groups in total. The summed E-state index contributed by atoms with van der Waals surface area (Å²) in [5.74, 6) is -0.842. The molecule has 5 nitrogen and oxygen atoms in total. The van der Waals surface area contributed by atoms with Crippen LogP contribution in [0.15, 0.2) is 42.5 Å². The highest BCUT2D eigenvalue weighted by atomic mass is 35.5. The molecule has 0 radical (unpaired) electrons. The molecule has 0 bridgehead atoms. The van der Waals surface area contributed by atoms with Gasteiger partial charge in [0.15, 0.2) is 0 Å². The first-order valence-electron chi connectivity index (χ1n) is 7.43. The van der Waals surface area contributed by atoms with Gasteiger partial charge in [-0.2, -0.15) is 0 Å². The molecule has 0 aliphatic rings. The largest absolute Gasteiger partial charge is 0.326 e. The van der Waals surface area contributed by atoms with Crippen molar-refractivity contribution in [2.75, 3.05) is 11.6 Å². The number of anilines is 1. The Bertz CT molecular complexity index is 870. The van der Waals surface area contributed by atoms with Gasteiger partial charge in [0.05, 0.1) is 12.3 Å². The Morgan fingerprint density at radius 3 is 2.40 bits per heavy atom. The van der Waals surface area contributed by atoms with Crippen molar-refractivity contribution in [1.29, 1.82) is 0 Å². The number of sulfonamides is 1. The summed E-state index contributed by atoms with van der Waals surface area (Å²) in [6.45, 7) is 1.84. The predicted molar refractivity (Wildman–Crippen MR) is 96.6 cm³/mol. The fraction of sp³-hybridized carbons (Fsp3) is 0.235. The lowest BCUT2D eigenvalue weighted by molar-refractivity contribution is -0.116. The highest BCUT2D eigenvalue weighted by Gasteiger charge is 2.20. The van der Waals surface area contributed by atoms with E-state index in [1.165, 1.54) is 24.3 Å². The molecule has 1 unspecified atom stereocenters. The van der Waals surface area contributed by atoms with Gasteiger partial charge >= 0.3 is 0 Å². The average molecular weight is 385 g/mol. The normalized spacial score (nSPS) is 12.6. The van der Waals surface area contributed by atoms with Gasteiger partial charge in [0, 0.05) is 17.1 Å². The first-order chi connectivity index (χ1) is 11.6. The molecular formula is C17H18ClFN2O3S. The summed E-state index contributed by atoms with van der Waals surface area (Å²) in [4.78, 5) is 12.3. The molecule has 0 saturated heterocycles. The van der Waals surface area contributed by atoms with Crippen LogP contribution in [0.25, 0.3) is 0 Å². The van der Waals surface area contributed by atoms with E-state index in [4.69, 9.17) is 11.6 Å². The minimum Gasteiger partial charge on any atom is -0.326 e. The molecule has 8 heteroatoms. The predicted octanol–water partition coefficient (Wildman–Crippen LogP) is 3.41. The zero-order valence-electron chi connectivity index (χ0n) is 13.7. The van der Waals surface area contributed by atoms with Crippen molar-refractivity contribution in [2.45, 2.75) is 19.4 Å². The minimum absolute atomic E-state index is 0.149. The third-order valence-electron chi connectivity index (χ3n) is 3.47. The van der Waals surface area contributed by atoms with E-state index in [1.54, 1.807) is 18.2 Å². The summed E-state index contributed by atoms with van der Waals surface area (Å²) >= 11 is 6.02. The van der Waals surface area contributed by atoms with Crippen LogP contribution in [-0.4, -0.2) is 20.6 Å². The molecule has 0 aliphatic carbocycles. The van der Waals surface area contributed by atoms with E-state index in [1.807, 2.05) is 6.92 Å². The molecule has 2 aromatic rings. The van der Waals surface area contributed by atoms with Crippen LogP contribution in [0.5, 0.6) is 0 Å². The van der Waals surface area contributed by atoms with Crippen molar-refractivity contribution in [1.82, 2.24) is 4.72 Å². The summed E-state index contributed by atoms with van der Waals surface area (Å²) in [6.07, 6.45) is 0.853. The van der Waals surface area contributed by atoms with Gasteiger partial charge in [-0.05, 0) is 42.3 Å². The van der Waals surface area contributed by atoms with Gasteiger partial charge in [-0.15, -0.1) is 0 Å². The monoisotopic (exact) mass is 384 g/mol. The zero-order valence-corrected chi connectivity index (χ0v) is 15.3. The molecule has 0 fully saturated rings. The first kappa shape index (κ1) is 19.4. The molecule has 1 amide bonds. The van der Waals surface area contributed by atoms with Crippen LogP contribution in [0, 0.1) is 12.7 Å². The van der Waals surface area contributed by atoms with E-state index >= 15 is 0 Å². The quantitative estimate of drug-likeness (QED) is 0.801. The highest BCUT2D eigenvalue weighted by molar-refractivity contribution is 7.88. The van der Waals surface area contributed by atoms with E-state index in [0.29, 0.717) is 16.3 Å². The lowest BCUT2D eigenvalue weighted by Crippen LogP contribution is -2.30. The Morgan fingerprint density at radius 1 is 1.20 bits per heavy atom. The number of rotatable bonds is 6. The number of aryl methyl sites for hydroxylation is 1. The van der Waals surface area contributed by atoms with Crippen molar-refractivity contribution < 1.29 is 17.6 Å². The van der Waals surface area contributed by atoms with Crippen molar-refractivity contribution >= 4 is 33.2 Å². The molecule has 1 atom stereocenters. The summed E-state index contributed by atoms with van der Waals surface area (Å²) in [5, 5.41) is 3.19. The van der Waals surface area contributed by atoms with E-state index in [2.05, 4.69) is 10.0 Å². The number of hydrogen-bond acceptors (Lipinski definition) is 3. The van der Waals surface area contributed by atoms with Crippen LogP contribution in [0.1, 0.15) is 23.6 Å². The number of hydrogen-bond donors (Lipinski definition) is 2. The molecule has 0 aromatic heterocycles. The number of nitrogens with one attached hydrogen (secondary N) is 2. The Kier molecular flexibility index (Phi) is 6.16. The fourth-order valence-corrected chi connectivity index (χ4v) is 3.17. The Morgan fingerprint density at radius 2 is 1.84 bits per heavy atom. The van der Waals surface area contributed by atoms with Crippen LogP contribution >= 0.6 is 11.6 Å². The third-order valence-corrected chi connectivity index (χ3v) is 4.59. The molecular weight excluding hydrogens is 367 g/mol. The minimum atomic E-state index is -3.56. The summed E-state index contributed by atoms with van der Waals surface area (Å²) in [7, 11) is -3.56. The molecule has 2 rings (SSSR count). The van der Waals surface area contributed by atoms with Crippen molar-refractivity contribution in [3.8, 4) is 0 Å². The summed E-state index contributed by atoms with van der Waals surface area (Å²) in [5.41, 5.74) is 1.88. The topological polar surface area (TPSA) is 75.3 Å². The Balaban J connectivity index is 2.16. The molecule has 25 heavy (non-hydrogen) atoms. The van der Waals surface area contributed by atoms with Crippen LogP contribution in [0.3, 0.4) is 0 Å². The molecule has 134 valence electrons. The van der Waals surface area contributed by atoms with E-state index in [0.717, 1.165) is 11.8 Å². The molecule has 0 heterocycles. The van der Waals surface area contributed by atoms with Crippen LogP contribution < -0.4 is 10.0 Å². The van der Waals surface area contributed by atoms with Gasteiger partial charge in [0.1, 0.15) is 5.82 Å². The number of carbonyl (C=O) groups excluding carboxylic acids is 1. The molecule has 0 spiro atoms. The smallest absolute Gasteiger partial charge is 0.226 e. The van der Waals surface area contributed by atoms with Crippen molar-refractivity contribution in [3.63, 3.8) is 0 Å². The summed E-state index contributed by atoms with van der Waals surface area (Å²) in [6, 6.07) is 9.58. The number of carbonyl (C=O) groups is 1. The lowest BCUT2D eigenvalue weighted by Gasteiger charge is -2.18. The lowest BCUT2D eigenvalue weighted by atomic mass is 10.0. The maximum absolute atomic E-state index is 13.1. The highest BCUT2D eigenvalue weighted by Crippen LogP contribution is 2.22. The summed E-state index contributed by atoms with van der Waals surface area (Å²) < 4.78 is 38.6. The standard InChI is InChI=1S/C17H18ClFN2O3S/c1-11-3-8-14(9-15(11)18)20-17(22)10-16(21-25(2,23)24)12-4-6-13(19)7-5-12/h3-9,16,21H,10H2,1-2H3,(H,20,22). The molecule has 0 saturated carbocycles. The number of benzene rings is 2. The zero-order chi connectivity index (χ0) is 18.6. The third kappa shape index (κ3) is 6.12. The second-order valence-corrected chi connectivity index (χ2v) is 7.90. The van der Waals surface area contributed by atoms with E-state index < -0.39 is 27.8 Å². The van der Waals surface area contributed by atoms with Crippen LogP contribution in [0.2, 0.25) is 5.02 Å². The SMILES string of the molecule is Cc1ccc(NC(=O)CC(NS(C)(=O)=O)c2ccc(F)cc2)cc1Cl. The second kappa shape index (κ2) is 7.95. The number of amides is 1. The average Bonchev–Trinajstić information content (AvgIpc) is 2.49. The van der Waals surface area contributed by atoms with E-state index in [9.17, 15) is 17.6 Å². The first-order valence-corrected chi connectivity index (χ1v) is 9.70. The number of halogens is 2. The van der Waals surface area contributed by atoms with Gasteiger partial charge in [0.2, 0.25) is 15.9 Å². The van der Waals surface area contributed by atoms with Gasteiger partial charge in [0.25, 0.3) is 0 Å². The van der Waals surface area contributed by atoms with Crippen molar-refractivity contribution in [3.05, 3.63) is 64.4 Å². The van der Waals surface area contributed by atoms with Gasteiger partial charge in [-0.3, -0.25) is 4.79 Å². The maximum atomic E-state index is 13.1. The van der Waals surface area contributed by atoms with Gasteiger partial charge < -0.3 is 5.32 Å². The van der Waals surface area contributed by atoms with Crippen LogP contribution in [0.4, 0.5) is 10.1 Å². The van der Waals surface area contributed by atoms with Gasteiger partial charge in [-0.1, -0.05) is 29.8 Å². The molecule has 2 aromatic carbocycles. The van der Waals surface area contributed by atoms with Crippen LogP contribution in [-0.2, 0) is 14.8 Å². The van der Waals surface area contributed by atoms with E-state index in [-0.39, 0.29) is 6.42 Å². The molecule has 0 aliphatic heterocycles. The maximum Gasteiger partial charge on any atom is 0.226 e. The Labute approximate surface area is 151 Å².